The Balaban J connectivity index is 2.75. The van der Waals surface area contributed by atoms with Gasteiger partial charge in [0.25, 0.3) is 0 Å². The van der Waals surface area contributed by atoms with Gasteiger partial charge in [-0.3, -0.25) is 4.79 Å². The van der Waals surface area contributed by atoms with Gasteiger partial charge in [0.1, 0.15) is 0 Å². The lowest BCUT2D eigenvalue weighted by Crippen LogP contribution is -2.00. The van der Waals surface area contributed by atoms with E-state index in [1.165, 1.54) is 0 Å². The van der Waals surface area contributed by atoms with Crippen molar-refractivity contribution in [1.82, 2.24) is 0 Å². The maximum absolute atomic E-state index is 11.8. The Morgan fingerprint density at radius 1 is 1.40 bits per heavy atom. The molecule has 0 aliphatic rings. The predicted octanol–water partition coefficient (Wildman–Crippen LogP) is 3.39. The molecule has 0 atom stereocenters. The Bertz CT molecular complexity index is 398. The second-order valence-electron chi connectivity index (χ2n) is 3.05. The fourth-order valence-corrected chi connectivity index (χ4v) is 1.93. The highest BCUT2D eigenvalue weighted by Gasteiger charge is 2.08. The number of carbonyl (C=O) groups is 1. The first kappa shape index (κ1) is 11.9. The monoisotopic (exact) mass is 218 g/mol. The molecule has 0 saturated heterocycles. The Morgan fingerprint density at radius 3 is 2.80 bits per heavy atom. The van der Waals surface area contributed by atoms with Gasteiger partial charge >= 0.3 is 0 Å². The second kappa shape index (κ2) is 6.31. The summed E-state index contributed by atoms with van der Waals surface area (Å²) in [5.41, 5.74) is 0.822. The van der Waals surface area contributed by atoms with Crippen LogP contribution >= 0.6 is 11.8 Å². The molecule has 2 heteroatoms. The number of thioether (sulfide) groups is 1. The molecule has 0 bridgehead atoms. The lowest BCUT2D eigenvalue weighted by atomic mass is 10.1. The number of hydrogen-bond acceptors (Lipinski definition) is 2. The van der Waals surface area contributed by atoms with Gasteiger partial charge in [0.2, 0.25) is 0 Å². The summed E-state index contributed by atoms with van der Waals surface area (Å²) >= 11 is 1.61. The van der Waals surface area contributed by atoms with Crippen molar-refractivity contribution in [3.8, 4) is 11.8 Å². The third-order valence-electron chi connectivity index (χ3n) is 2.06. The molecule has 0 aliphatic heterocycles. The maximum Gasteiger partial charge on any atom is 0.164 e. The van der Waals surface area contributed by atoms with Crippen LogP contribution in [0.3, 0.4) is 0 Å². The number of benzene rings is 1. The van der Waals surface area contributed by atoms with Gasteiger partial charge in [-0.1, -0.05) is 18.2 Å². The Kier molecular flexibility index (Phi) is 5.00. The first-order chi connectivity index (χ1) is 7.29. The molecule has 1 rings (SSSR count). The predicted molar refractivity (Wildman–Crippen MR) is 65.2 cm³/mol. The molecule has 0 radical (unpaired) electrons. The highest BCUT2D eigenvalue weighted by Crippen LogP contribution is 2.21. The van der Waals surface area contributed by atoms with Crippen molar-refractivity contribution in [1.29, 1.82) is 0 Å². The van der Waals surface area contributed by atoms with Crippen LogP contribution in [0.4, 0.5) is 0 Å². The van der Waals surface area contributed by atoms with Crippen LogP contribution in [0.1, 0.15) is 30.1 Å². The summed E-state index contributed by atoms with van der Waals surface area (Å²) < 4.78 is 0. The van der Waals surface area contributed by atoms with E-state index in [0.717, 1.165) is 10.5 Å². The SMILES string of the molecule is CC#CCCC(=O)c1ccccc1SC. The van der Waals surface area contributed by atoms with Crippen molar-refractivity contribution < 1.29 is 4.79 Å². The molecular weight excluding hydrogens is 204 g/mol. The molecule has 0 spiro atoms. The minimum Gasteiger partial charge on any atom is -0.294 e. The fraction of sp³-hybridized carbons (Fsp3) is 0.308. The molecule has 1 nitrogen and oxygen atoms in total. The lowest BCUT2D eigenvalue weighted by Gasteiger charge is -2.04. The fourth-order valence-electron chi connectivity index (χ4n) is 1.31. The highest BCUT2D eigenvalue weighted by atomic mass is 32.2. The molecule has 1 aromatic carbocycles. The van der Waals surface area contributed by atoms with Crippen LogP contribution in [0.2, 0.25) is 0 Å². The molecule has 0 aliphatic carbocycles. The summed E-state index contributed by atoms with van der Waals surface area (Å²) in [7, 11) is 0. The summed E-state index contributed by atoms with van der Waals surface area (Å²) in [5.74, 6) is 5.89. The third kappa shape index (κ3) is 3.45. The van der Waals surface area contributed by atoms with Gasteiger partial charge in [0, 0.05) is 23.3 Å². The molecule has 0 fully saturated rings. The molecule has 78 valence electrons. The minimum atomic E-state index is 0.183. The number of ketones is 1. The Hall–Kier alpha value is -1.20. The lowest BCUT2D eigenvalue weighted by molar-refractivity contribution is 0.0981. The van der Waals surface area contributed by atoms with Crippen molar-refractivity contribution in [2.45, 2.75) is 24.7 Å². The van der Waals surface area contributed by atoms with E-state index >= 15 is 0 Å². The van der Waals surface area contributed by atoms with E-state index in [0.29, 0.717) is 12.8 Å². The van der Waals surface area contributed by atoms with Crippen LogP contribution in [0, 0.1) is 11.8 Å². The van der Waals surface area contributed by atoms with Gasteiger partial charge < -0.3 is 0 Å². The van der Waals surface area contributed by atoms with Crippen LogP contribution < -0.4 is 0 Å². The molecular formula is C13H14OS. The quantitative estimate of drug-likeness (QED) is 0.438. The van der Waals surface area contributed by atoms with E-state index in [2.05, 4.69) is 11.8 Å². The van der Waals surface area contributed by atoms with E-state index in [4.69, 9.17) is 0 Å². The minimum absolute atomic E-state index is 0.183. The van der Waals surface area contributed by atoms with Gasteiger partial charge in [0.05, 0.1) is 0 Å². The van der Waals surface area contributed by atoms with Gasteiger partial charge in [-0.25, -0.2) is 0 Å². The number of Topliss-reactive ketones (excluding diaryl/α,β-unsaturated/α-hetero) is 1. The maximum atomic E-state index is 11.8. The summed E-state index contributed by atoms with van der Waals surface area (Å²) in [6, 6.07) is 7.71. The Morgan fingerprint density at radius 2 is 2.13 bits per heavy atom. The molecule has 0 N–H and O–H groups in total. The first-order valence-electron chi connectivity index (χ1n) is 4.85. The molecule has 0 aromatic heterocycles. The van der Waals surface area contributed by atoms with Crippen LogP contribution in [-0.2, 0) is 0 Å². The molecule has 0 amide bonds. The number of rotatable bonds is 4. The van der Waals surface area contributed by atoms with E-state index < -0.39 is 0 Å². The smallest absolute Gasteiger partial charge is 0.164 e. The van der Waals surface area contributed by atoms with E-state index in [1.54, 1.807) is 18.7 Å². The standard InChI is InChI=1S/C13H14OS/c1-3-4-5-9-12(14)11-8-6-7-10-13(11)15-2/h6-8,10H,5,9H2,1-2H3. The molecule has 0 saturated carbocycles. The summed E-state index contributed by atoms with van der Waals surface area (Å²) in [6.07, 6.45) is 3.15. The van der Waals surface area contributed by atoms with Gasteiger partial charge in [-0.05, 0) is 19.2 Å². The molecule has 0 heterocycles. The van der Waals surface area contributed by atoms with Gasteiger partial charge in [0.15, 0.2) is 5.78 Å². The number of hydrogen-bond donors (Lipinski definition) is 0. The molecule has 0 unspecified atom stereocenters. The summed E-state index contributed by atoms with van der Waals surface area (Å²) in [5, 5.41) is 0. The van der Waals surface area contributed by atoms with E-state index in [1.807, 2.05) is 30.5 Å². The zero-order chi connectivity index (χ0) is 11.1. The van der Waals surface area contributed by atoms with Crippen molar-refractivity contribution in [2.24, 2.45) is 0 Å². The van der Waals surface area contributed by atoms with Crippen LogP contribution in [0.5, 0.6) is 0 Å². The zero-order valence-corrected chi connectivity index (χ0v) is 9.86. The average molecular weight is 218 g/mol. The molecule has 1 aromatic rings. The van der Waals surface area contributed by atoms with Crippen LogP contribution in [-0.4, -0.2) is 12.0 Å². The third-order valence-corrected chi connectivity index (χ3v) is 2.86. The normalized spacial score (nSPS) is 9.20. The van der Waals surface area contributed by atoms with Crippen molar-refractivity contribution in [3.63, 3.8) is 0 Å². The van der Waals surface area contributed by atoms with Crippen molar-refractivity contribution in [2.75, 3.05) is 6.26 Å². The topological polar surface area (TPSA) is 17.1 Å². The summed E-state index contributed by atoms with van der Waals surface area (Å²) in [6.45, 7) is 1.79. The van der Waals surface area contributed by atoms with Crippen LogP contribution in [0.25, 0.3) is 0 Å². The Labute approximate surface area is 95.3 Å². The second-order valence-corrected chi connectivity index (χ2v) is 3.90. The van der Waals surface area contributed by atoms with E-state index in [-0.39, 0.29) is 5.78 Å². The number of carbonyl (C=O) groups excluding carboxylic acids is 1. The van der Waals surface area contributed by atoms with Crippen LogP contribution in [0.15, 0.2) is 29.2 Å². The van der Waals surface area contributed by atoms with Gasteiger partial charge in [-0.2, -0.15) is 0 Å². The zero-order valence-electron chi connectivity index (χ0n) is 9.04. The summed E-state index contributed by atoms with van der Waals surface area (Å²) in [4.78, 5) is 12.9. The first-order valence-corrected chi connectivity index (χ1v) is 6.08. The van der Waals surface area contributed by atoms with Gasteiger partial charge in [-0.15, -0.1) is 23.6 Å². The highest BCUT2D eigenvalue weighted by molar-refractivity contribution is 7.98. The molecule has 15 heavy (non-hydrogen) atoms. The van der Waals surface area contributed by atoms with Crippen molar-refractivity contribution in [3.05, 3.63) is 29.8 Å². The average Bonchev–Trinajstić information content (AvgIpc) is 2.29. The largest absolute Gasteiger partial charge is 0.294 e. The van der Waals surface area contributed by atoms with Crippen molar-refractivity contribution >= 4 is 17.5 Å². The van der Waals surface area contributed by atoms with E-state index in [9.17, 15) is 4.79 Å².